The Morgan fingerprint density at radius 1 is 1.14 bits per heavy atom. The molecule has 200 valence electrons. The summed E-state index contributed by atoms with van der Waals surface area (Å²) in [6.45, 7) is 13.1. The molecule has 0 unspecified atom stereocenters. The molecular formula is C29H46N2O4P+. The van der Waals surface area contributed by atoms with E-state index in [1.165, 1.54) is 30.8 Å². The zero-order valence-electron chi connectivity index (χ0n) is 23.0. The number of rotatable bonds is 11. The number of piperidine rings is 1. The van der Waals surface area contributed by atoms with Crippen molar-refractivity contribution in [2.75, 3.05) is 44.5 Å². The third-order valence-electron chi connectivity index (χ3n) is 7.04. The van der Waals surface area contributed by atoms with Gasteiger partial charge in [-0.25, -0.2) is 14.8 Å². The molecule has 2 N–H and O–H groups in total. The van der Waals surface area contributed by atoms with Crippen LogP contribution in [-0.4, -0.2) is 54.4 Å². The van der Waals surface area contributed by atoms with Crippen LogP contribution in [0.5, 0.6) is 11.6 Å². The lowest BCUT2D eigenvalue weighted by atomic mass is 9.88. The molecule has 1 aromatic heterocycles. The summed E-state index contributed by atoms with van der Waals surface area (Å²) < 4.78 is 11.6. The predicted octanol–water partition coefficient (Wildman–Crippen LogP) is 6.32. The van der Waals surface area contributed by atoms with Crippen LogP contribution in [0.1, 0.15) is 70.4 Å². The summed E-state index contributed by atoms with van der Waals surface area (Å²) in [6, 6.07) is 10.4. The summed E-state index contributed by atoms with van der Waals surface area (Å²) in [5.41, 5.74) is 4.11. The summed E-state index contributed by atoms with van der Waals surface area (Å²) in [5, 5.41) is 0. The lowest BCUT2D eigenvalue weighted by molar-refractivity contribution is 0.216. The molecule has 2 heterocycles. The van der Waals surface area contributed by atoms with Gasteiger partial charge in [0.1, 0.15) is 18.6 Å². The van der Waals surface area contributed by atoms with Gasteiger partial charge in [0.05, 0.1) is 13.7 Å². The Balaban J connectivity index is 1.55. The normalized spacial score (nSPS) is 16.2. The monoisotopic (exact) mass is 517 g/mol. The first kappa shape index (κ1) is 28.7. The van der Waals surface area contributed by atoms with Crippen molar-refractivity contribution < 1.29 is 19.3 Å². The molecule has 0 radical (unpaired) electrons. The van der Waals surface area contributed by atoms with Crippen molar-refractivity contribution >= 4 is 13.4 Å². The second kappa shape index (κ2) is 12.6. The summed E-state index contributed by atoms with van der Waals surface area (Å²) in [5.74, 6) is 2.07. The van der Waals surface area contributed by atoms with Crippen LogP contribution in [0.2, 0.25) is 0 Å². The molecule has 0 spiro atoms. The molecule has 0 saturated carbocycles. The minimum Gasteiger partial charge on any atom is -0.497 e. The van der Waals surface area contributed by atoms with Crippen molar-refractivity contribution in [1.82, 2.24) is 4.98 Å². The summed E-state index contributed by atoms with van der Waals surface area (Å²) in [7, 11) is -1.08. The first-order chi connectivity index (χ1) is 16.9. The SMILES string of the molecule is COc1ccc(CCCC(C)(C)C)c(N2CCC(COc3cc([C@@H](C)C[P+](C)(O)O)ccn3)CC2)c1. The number of hydrogen-bond donors (Lipinski definition) is 2. The van der Waals surface area contributed by atoms with Crippen molar-refractivity contribution in [2.24, 2.45) is 11.3 Å². The minimum atomic E-state index is -2.82. The number of benzene rings is 1. The number of hydrogen-bond acceptors (Lipinski definition) is 6. The van der Waals surface area contributed by atoms with Crippen molar-refractivity contribution in [1.29, 1.82) is 0 Å². The van der Waals surface area contributed by atoms with Gasteiger partial charge in [-0.15, -0.1) is 0 Å². The van der Waals surface area contributed by atoms with E-state index in [2.05, 4.69) is 48.9 Å². The highest BCUT2D eigenvalue weighted by Gasteiger charge is 2.29. The standard InChI is InChI=1S/C29H46N2O4P/c1-22(21-36(6,32)33)25-11-15-30-28(18-25)35-20-23-12-16-31(17-13-23)27-19-26(34-5)10-9-24(27)8-7-14-29(2,3)4/h9-11,15,18-19,22-23,32-33H,7-8,12-14,16-17,20-21H2,1-6H3/q+1/t22-/m0/s1. The van der Waals surface area contributed by atoms with Crippen LogP contribution in [0, 0.1) is 11.3 Å². The van der Waals surface area contributed by atoms with E-state index in [1.54, 1.807) is 13.3 Å². The number of ether oxygens (including phenoxy) is 2. The first-order valence-corrected chi connectivity index (χ1v) is 15.6. The Hall–Kier alpha value is -1.88. The van der Waals surface area contributed by atoms with Crippen LogP contribution >= 0.6 is 7.72 Å². The number of nitrogens with zero attached hydrogens (tertiary/aromatic N) is 2. The second-order valence-electron chi connectivity index (χ2n) is 11.7. The second-order valence-corrected chi connectivity index (χ2v) is 14.3. The van der Waals surface area contributed by atoms with Gasteiger partial charge in [0.15, 0.2) is 0 Å². The number of pyridine rings is 1. The number of aromatic nitrogens is 1. The van der Waals surface area contributed by atoms with Crippen molar-refractivity contribution in [3.05, 3.63) is 47.7 Å². The van der Waals surface area contributed by atoms with Crippen LogP contribution in [0.15, 0.2) is 36.5 Å². The van der Waals surface area contributed by atoms with Gasteiger partial charge in [0.2, 0.25) is 5.88 Å². The topological polar surface area (TPSA) is 75.1 Å². The molecule has 6 nitrogen and oxygen atoms in total. The molecule has 1 aliphatic rings. The fraction of sp³-hybridized carbons (Fsp3) is 0.621. The maximum Gasteiger partial charge on any atom is 0.265 e. The molecule has 1 atom stereocenters. The molecule has 1 aromatic carbocycles. The smallest absolute Gasteiger partial charge is 0.265 e. The van der Waals surface area contributed by atoms with E-state index in [1.807, 2.05) is 19.1 Å². The van der Waals surface area contributed by atoms with Crippen LogP contribution < -0.4 is 14.4 Å². The van der Waals surface area contributed by atoms with Gasteiger partial charge < -0.3 is 14.4 Å². The largest absolute Gasteiger partial charge is 0.497 e. The molecule has 0 bridgehead atoms. The van der Waals surface area contributed by atoms with E-state index in [0.717, 1.165) is 43.7 Å². The van der Waals surface area contributed by atoms with Crippen molar-refractivity contribution in [3.8, 4) is 11.6 Å². The highest BCUT2D eigenvalue weighted by atomic mass is 31.2. The fourth-order valence-corrected chi connectivity index (χ4v) is 6.21. The van der Waals surface area contributed by atoms with E-state index in [4.69, 9.17) is 9.47 Å². The molecule has 1 fully saturated rings. The molecule has 0 aliphatic carbocycles. The van der Waals surface area contributed by atoms with E-state index < -0.39 is 7.72 Å². The average molecular weight is 518 g/mol. The molecule has 2 aromatic rings. The van der Waals surface area contributed by atoms with Crippen LogP contribution in [0.3, 0.4) is 0 Å². The van der Waals surface area contributed by atoms with Crippen LogP contribution in [0.25, 0.3) is 0 Å². The molecule has 1 saturated heterocycles. The minimum absolute atomic E-state index is 0.0485. The zero-order chi connectivity index (χ0) is 26.3. The van der Waals surface area contributed by atoms with E-state index in [9.17, 15) is 9.79 Å². The predicted molar refractivity (Wildman–Crippen MR) is 151 cm³/mol. The van der Waals surface area contributed by atoms with Crippen molar-refractivity contribution in [3.63, 3.8) is 0 Å². The highest BCUT2D eigenvalue weighted by Crippen LogP contribution is 2.48. The molecule has 1 aliphatic heterocycles. The molecule has 36 heavy (non-hydrogen) atoms. The lowest BCUT2D eigenvalue weighted by Crippen LogP contribution is -2.36. The van der Waals surface area contributed by atoms with Gasteiger partial charge >= 0.3 is 0 Å². The molecule has 7 heteroatoms. The number of anilines is 1. The maximum absolute atomic E-state index is 9.83. The van der Waals surface area contributed by atoms with Crippen LogP contribution in [-0.2, 0) is 6.42 Å². The van der Waals surface area contributed by atoms with E-state index in [-0.39, 0.29) is 5.92 Å². The summed E-state index contributed by atoms with van der Waals surface area (Å²) >= 11 is 0. The average Bonchev–Trinajstić information content (AvgIpc) is 2.81. The van der Waals surface area contributed by atoms with E-state index in [0.29, 0.717) is 30.0 Å². The molecule has 3 rings (SSSR count). The number of methoxy groups -OCH3 is 1. The molecular weight excluding hydrogens is 471 g/mol. The highest BCUT2D eigenvalue weighted by molar-refractivity contribution is 7.63. The Morgan fingerprint density at radius 3 is 2.50 bits per heavy atom. The Kier molecular flexibility index (Phi) is 10.0. The summed E-state index contributed by atoms with van der Waals surface area (Å²) in [6.07, 6.45) is 7.77. The Bertz CT molecular complexity index is 962. The quantitative estimate of drug-likeness (QED) is 0.340. The fourth-order valence-electron chi connectivity index (χ4n) is 4.96. The molecule has 0 amide bonds. The van der Waals surface area contributed by atoms with E-state index >= 15 is 0 Å². The van der Waals surface area contributed by atoms with Crippen LogP contribution in [0.4, 0.5) is 5.69 Å². The van der Waals surface area contributed by atoms with Gasteiger partial charge in [-0.3, -0.25) is 0 Å². The van der Waals surface area contributed by atoms with Gasteiger partial charge in [-0.1, -0.05) is 33.8 Å². The van der Waals surface area contributed by atoms with Gasteiger partial charge in [-0.05, 0) is 66.7 Å². The third-order valence-corrected chi connectivity index (χ3v) is 8.27. The Morgan fingerprint density at radius 2 is 1.86 bits per heavy atom. The zero-order valence-corrected chi connectivity index (χ0v) is 23.9. The third kappa shape index (κ3) is 9.21. The van der Waals surface area contributed by atoms with Gasteiger partial charge in [0, 0.05) is 43.0 Å². The lowest BCUT2D eigenvalue weighted by Gasteiger charge is -2.35. The summed E-state index contributed by atoms with van der Waals surface area (Å²) in [4.78, 5) is 26.5. The van der Waals surface area contributed by atoms with Gasteiger partial charge in [0.25, 0.3) is 7.72 Å². The van der Waals surface area contributed by atoms with Gasteiger partial charge in [-0.2, -0.15) is 0 Å². The Labute approximate surface area is 218 Å². The first-order valence-electron chi connectivity index (χ1n) is 13.2. The maximum atomic E-state index is 9.83. The number of aryl methyl sites for hydroxylation is 1. The van der Waals surface area contributed by atoms with Crippen molar-refractivity contribution in [2.45, 2.75) is 65.7 Å².